The summed E-state index contributed by atoms with van der Waals surface area (Å²) in [6.45, 7) is 6.30. The Kier molecular flexibility index (Phi) is 11.1. The molecule has 0 radical (unpaired) electrons. The van der Waals surface area contributed by atoms with Crippen LogP contribution in [0, 0.1) is 0 Å². The highest BCUT2D eigenvalue weighted by Crippen LogP contribution is 2.33. The number of aryl methyl sites for hydroxylation is 2. The summed E-state index contributed by atoms with van der Waals surface area (Å²) in [6.07, 6.45) is 12.7. The van der Waals surface area contributed by atoms with Crippen molar-refractivity contribution in [1.29, 1.82) is 0 Å². The van der Waals surface area contributed by atoms with Gasteiger partial charge in [0, 0.05) is 0 Å². The predicted molar refractivity (Wildman–Crippen MR) is 109 cm³/mol. The van der Waals surface area contributed by atoms with Gasteiger partial charge in [-0.2, -0.15) is 0 Å². The molecule has 0 aliphatic heterocycles. The van der Waals surface area contributed by atoms with Crippen molar-refractivity contribution in [1.82, 2.24) is 0 Å². The molecule has 1 atom stereocenters. The molecule has 1 aromatic carbocycles. The lowest BCUT2D eigenvalue weighted by atomic mass is 9.87. The largest absolute Gasteiger partial charge is 0.507 e. The summed E-state index contributed by atoms with van der Waals surface area (Å²) in [7, 11) is 0. The Labute approximate surface area is 159 Å². The first kappa shape index (κ1) is 22.5. The van der Waals surface area contributed by atoms with Gasteiger partial charge in [-0.1, -0.05) is 84.3 Å². The van der Waals surface area contributed by atoms with E-state index in [1.807, 2.05) is 26.0 Å². The maximum absolute atomic E-state index is 11.3. The number of hydrogen-bond donors (Lipinski definition) is 2. The number of phenols is 1. The highest BCUT2D eigenvalue weighted by Gasteiger charge is 2.18. The quantitative estimate of drug-likeness (QED) is 0.366. The number of aliphatic carboxylic acids is 1. The maximum atomic E-state index is 11.3. The van der Waals surface area contributed by atoms with Gasteiger partial charge >= 0.3 is 5.97 Å². The maximum Gasteiger partial charge on any atom is 0.303 e. The molecular formula is C23H38O3. The van der Waals surface area contributed by atoms with Crippen molar-refractivity contribution in [3.8, 4) is 5.75 Å². The summed E-state index contributed by atoms with van der Waals surface area (Å²) in [5, 5.41) is 19.6. The number of phenolic OH excluding ortho intramolecular Hbond substituents is 1. The van der Waals surface area contributed by atoms with E-state index in [0.29, 0.717) is 5.75 Å². The third kappa shape index (κ3) is 7.80. The van der Waals surface area contributed by atoms with Crippen molar-refractivity contribution < 1.29 is 15.0 Å². The van der Waals surface area contributed by atoms with E-state index < -0.39 is 5.97 Å². The van der Waals surface area contributed by atoms with Crippen LogP contribution in [0.2, 0.25) is 0 Å². The van der Waals surface area contributed by atoms with Gasteiger partial charge in [-0.15, -0.1) is 0 Å². The Balaban J connectivity index is 2.65. The molecule has 26 heavy (non-hydrogen) atoms. The van der Waals surface area contributed by atoms with Gasteiger partial charge in [-0.05, 0) is 41.9 Å². The molecule has 1 unspecified atom stereocenters. The Morgan fingerprint density at radius 1 is 0.885 bits per heavy atom. The molecule has 1 aromatic rings. The molecule has 0 heterocycles. The summed E-state index contributed by atoms with van der Waals surface area (Å²) >= 11 is 0. The highest BCUT2D eigenvalue weighted by molar-refractivity contribution is 5.68. The minimum atomic E-state index is -0.737. The van der Waals surface area contributed by atoms with Crippen LogP contribution in [0.1, 0.15) is 108 Å². The highest BCUT2D eigenvalue weighted by atomic mass is 16.4. The molecule has 1 rings (SSSR count). The van der Waals surface area contributed by atoms with Gasteiger partial charge in [-0.25, -0.2) is 0 Å². The number of carbonyl (C=O) groups is 1. The Morgan fingerprint density at radius 3 is 1.85 bits per heavy atom. The van der Waals surface area contributed by atoms with Crippen LogP contribution in [0.5, 0.6) is 5.75 Å². The summed E-state index contributed by atoms with van der Waals surface area (Å²) in [6, 6.07) is 4.04. The van der Waals surface area contributed by atoms with Crippen molar-refractivity contribution in [3.05, 3.63) is 28.8 Å². The monoisotopic (exact) mass is 362 g/mol. The van der Waals surface area contributed by atoms with Crippen LogP contribution in [0.3, 0.4) is 0 Å². The number of aromatic hydroxyl groups is 1. The number of carboxylic acids is 1. The third-order valence-corrected chi connectivity index (χ3v) is 5.35. The molecule has 0 aliphatic carbocycles. The van der Waals surface area contributed by atoms with Gasteiger partial charge in [-0.3, -0.25) is 4.79 Å². The molecule has 0 bridgehead atoms. The van der Waals surface area contributed by atoms with E-state index in [1.54, 1.807) is 0 Å². The molecule has 0 fully saturated rings. The molecular weight excluding hydrogens is 324 g/mol. The van der Waals surface area contributed by atoms with Crippen molar-refractivity contribution in [3.63, 3.8) is 0 Å². The SMILES string of the molecule is CCCCCCCCCCC(CC(=O)O)c1cc(CC)c(O)c(CC)c1. The standard InChI is InChI=1S/C23H38O3/c1-4-7-8-9-10-11-12-13-14-20(17-22(24)25)21-15-18(5-2)23(26)19(6-3)16-21/h15-16,20,26H,4-14,17H2,1-3H3,(H,24,25). The van der Waals surface area contributed by atoms with Crippen LogP contribution in [-0.2, 0) is 17.6 Å². The molecule has 0 spiro atoms. The molecule has 2 N–H and O–H groups in total. The first-order valence-corrected chi connectivity index (χ1v) is 10.6. The Hall–Kier alpha value is -1.51. The zero-order chi connectivity index (χ0) is 19.4. The molecule has 3 nitrogen and oxygen atoms in total. The Bertz CT molecular complexity index is 511. The van der Waals surface area contributed by atoms with Gasteiger partial charge < -0.3 is 10.2 Å². The van der Waals surface area contributed by atoms with Gasteiger partial charge in [0.1, 0.15) is 5.75 Å². The zero-order valence-corrected chi connectivity index (χ0v) is 17.0. The van der Waals surface area contributed by atoms with Gasteiger partial charge in [0.05, 0.1) is 6.42 Å². The Morgan fingerprint density at radius 2 is 1.38 bits per heavy atom. The van der Waals surface area contributed by atoms with E-state index in [4.69, 9.17) is 0 Å². The van der Waals surface area contributed by atoms with E-state index in [1.165, 1.54) is 44.9 Å². The van der Waals surface area contributed by atoms with Crippen LogP contribution in [-0.4, -0.2) is 16.2 Å². The van der Waals surface area contributed by atoms with Crippen molar-refractivity contribution in [2.24, 2.45) is 0 Å². The molecule has 0 aliphatic rings. The van der Waals surface area contributed by atoms with Crippen LogP contribution in [0.4, 0.5) is 0 Å². The van der Waals surface area contributed by atoms with Gasteiger partial charge in [0.25, 0.3) is 0 Å². The fourth-order valence-electron chi connectivity index (χ4n) is 3.68. The average Bonchev–Trinajstić information content (AvgIpc) is 2.62. The number of benzene rings is 1. The lowest BCUT2D eigenvalue weighted by Crippen LogP contribution is -2.08. The number of unbranched alkanes of at least 4 members (excludes halogenated alkanes) is 7. The van der Waals surface area contributed by atoms with Gasteiger partial charge in [0.15, 0.2) is 0 Å². The smallest absolute Gasteiger partial charge is 0.303 e. The van der Waals surface area contributed by atoms with Crippen LogP contribution in [0.15, 0.2) is 12.1 Å². The molecule has 3 heteroatoms. The molecule has 0 saturated heterocycles. The van der Waals surface area contributed by atoms with Crippen molar-refractivity contribution in [2.75, 3.05) is 0 Å². The van der Waals surface area contributed by atoms with Crippen molar-refractivity contribution >= 4 is 5.97 Å². The van der Waals surface area contributed by atoms with E-state index in [0.717, 1.165) is 42.4 Å². The number of rotatable bonds is 14. The number of carboxylic acid groups (broad SMARTS) is 1. The van der Waals surface area contributed by atoms with E-state index in [9.17, 15) is 15.0 Å². The van der Waals surface area contributed by atoms with E-state index in [-0.39, 0.29) is 12.3 Å². The normalized spacial score (nSPS) is 12.3. The minimum absolute atomic E-state index is 0.0452. The fraction of sp³-hybridized carbons (Fsp3) is 0.696. The van der Waals surface area contributed by atoms with Crippen LogP contribution in [0.25, 0.3) is 0 Å². The zero-order valence-electron chi connectivity index (χ0n) is 17.0. The van der Waals surface area contributed by atoms with E-state index in [2.05, 4.69) is 6.92 Å². The third-order valence-electron chi connectivity index (χ3n) is 5.35. The average molecular weight is 363 g/mol. The molecule has 0 amide bonds. The summed E-state index contributed by atoms with van der Waals surface area (Å²) in [4.78, 5) is 11.3. The molecule has 148 valence electrons. The lowest BCUT2D eigenvalue weighted by Gasteiger charge is -2.19. The molecule has 0 saturated carbocycles. The summed E-state index contributed by atoms with van der Waals surface area (Å²) in [5.41, 5.74) is 2.96. The second-order valence-electron chi connectivity index (χ2n) is 7.45. The fourth-order valence-corrected chi connectivity index (χ4v) is 3.68. The van der Waals surface area contributed by atoms with Crippen LogP contribution >= 0.6 is 0 Å². The van der Waals surface area contributed by atoms with E-state index >= 15 is 0 Å². The van der Waals surface area contributed by atoms with Gasteiger partial charge in [0.2, 0.25) is 0 Å². The van der Waals surface area contributed by atoms with Crippen LogP contribution < -0.4 is 0 Å². The van der Waals surface area contributed by atoms with Crippen molar-refractivity contribution in [2.45, 2.75) is 104 Å². The second kappa shape index (κ2) is 12.8. The minimum Gasteiger partial charge on any atom is -0.507 e. The lowest BCUT2D eigenvalue weighted by molar-refractivity contribution is -0.137. The number of hydrogen-bond acceptors (Lipinski definition) is 2. The first-order chi connectivity index (χ1) is 12.5. The summed E-state index contributed by atoms with van der Waals surface area (Å²) < 4.78 is 0. The summed E-state index contributed by atoms with van der Waals surface area (Å²) in [5.74, 6) is -0.303. The second-order valence-corrected chi connectivity index (χ2v) is 7.45. The first-order valence-electron chi connectivity index (χ1n) is 10.6. The predicted octanol–water partition coefficient (Wildman–Crippen LogP) is 6.61. The topological polar surface area (TPSA) is 57.5 Å². The molecule has 0 aromatic heterocycles.